The van der Waals surface area contributed by atoms with Crippen LogP contribution < -0.4 is 5.32 Å². The first-order valence-corrected chi connectivity index (χ1v) is 9.55. The smallest absolute Gasteiger partial charge is 0.274 e. The van der Waals surface area contributed by atoms with E-state index in [0.29, 0.717) is 30.1 Å². The van der Waals surface area contributed by atoms with Crippen LogP contribution in [0.1, 0.15) is 37.2 Å². The van der Waals surface area contributed by atoms with Crippen molar-refractivity contribution in [1.29, 1.82) is 0 Å². The molecule has 1 aromatic carbocycles. The lowest BCUT2D eigenvalue weighted by atomic mass is 9.90. The van der Waals surface area contributed by atoms with Gasteiger partial charge in [0, 0.05) is 36.2 Å². The Morgan fingerprint density at radius 1 is 1.41 bits per heavy atom. The van der Waals surface area contributed by atoms with Crippen LogP contribution in [0.25, 0.3) is 10.6 Å². The first-order valence-electron chi connectivity index (χ1n) is 8.67. The van der Waals surface area contributed by atoms with Gasteiger partial charge in [0.05, 0.1) is 4.92 Å². The number of aromatic nitrogens is 1. The first kappa shape index (κ1) is 19.0. The summed E-state index contributed by atoms with van der Waals surface area (Å²) in [5.41, 5.74) is 0.102. The predicted molar refractivity (Wildman–Crippen MR) is 102 cm³/mol. The molecule has 1 aromatic heterocycles. The third kappa shape index (κ3) is 3.55. The van der Waals surface area contributed by atoms with Gasteiger partial charge in [-0.25, -0.2) is 4.98 Å². The molecule has 3 rings (SSSR count). The van der Waals surface area contributed by atoms with Gasteiger partial charge in [-0.1, -0.05) is 13.3 Å². The second-order valence-electron chi connectivity index (χ2n) is 6.58. The zero-order valence-corrected chi connectivity index (χ0v) is 15.9. The molecule has 1 saturated heterocycles. The number of hydrogen-bond acceptors (Lipinski definition) is 6. The van der Waals surface area contributed by atoms with Gasteiger partial charge in [-0.05, 0) is 25.5 Å². The van der Waals surface area contributed by atoms with Gasteiger partial charge in [0.15, 0.2) is 0 Å². The van der Waals surface area contributed by atoms with Crippen LogP contribution in [0, 0.1) is 10.1 Å². The van der Waals surface area contributed by atoms with E-state index in [2.05, 4.69) is 10.3 Å². The molecule has 0 bridgehead atoms. The van der Waals surface area contributed by atoms with Gasteiger partial charge in [0.25, 0.3) is 11.6 Å². The molecule has 8 nitrogen and oxygen atoms in total. The number of nitro groups is 1. The number of rotatable bonds is 5. The Hall–Kier alpha value is -2.81. The van der Waals surface area contributed by atoms with Gasteiger partial charge >= 0.3 is 0 Å². The van der Waals surface area contributed by atoms with Crippen LogP contribution in [0.15, 0.2) is 29.6 Å². The molecule has 0 spiro atoms. The van der Waals surface area contributed by atoms with Crippen LogP contribution in [-0.4, -0.2) is 45.2 Å². The summed E-state index contributed by atoms with van der Waals surface area (Å²) in [6.07, 6.45) is 1.35. The number of carbonyl (C=O) groups excluding carboxylic acids is 2. The van der Waals surface area contributed by atoms with E-state index in [4.69, 9.17) is 0 Å². The van der Waals surface area contributed by atoms with E-state index in [1.165, 1.54) is 23.5 Å². The molecule has 0 saturated carbocycles. The Morgan fingerprint density at radius 2 is 2.11 bits per heavy atom. The zero-order valence-electron chi connectivity index (χ0n) is 15.1. The maximum absolute atomic E-state index is 13.0. The molecule has 1 atom stereocenters. The second kappa shape index (κ2) is 7.43. The predicted octanol–water partition coefficient (Wildman–Crippen LogP) is 2.85. The Labute approximate surface area is 160 Å². The Kier molecular flexibility index (Phi) is 5.22. The van der Waals surface area contributed by atoms with Crippen molar-refractivity contribution in [3.8, 4) is 10.6 Å². The maximum Gasteiger partial charge on any atom is 0.274 e. The zero-order chi connectivity index (χ0) is 19.6. The van der Waals surface area contributed by atoms with Crippen LogP contribution in [0.5, 0.6) is 0 Å². The lowest BCUT2D eigenvalue weighted by molar-refractivity contribution is -0.384. The SMILES string of the molecule is CCC[C@]1(C)C(=O)NCCN1C(=O)c1csc(-c2ccc([N+](=O)[O-])cc2)n1. The summed E-state index contributed by atoms with van der Waals surface area (Å²) < 4.78 is 0. The summed E-state index contributed by atoms with van der Waals surface area (Å²) in [5.74, 6) is -0.417. The highest BCUT2D eigenvalue weighted by molar-refractivity contribution is 7.13. The molecule has 0 unspecified atom stereocenters. The molecule has 27 heavy (non-hydrogen) atoms. The van der Waals surface area contributed by atoms with Crippen LogP contribution in [0.4, 0.5) is 5.69 Å². The molecule has 1 fully saturated rings. The van der Waals surface area contributed by atoms with Gasteiger partial charge in [-0.15, -0.1) is 11.3 Å². The Morgan fingerprint density at radius 3 is 2.74 bits per heavy atom. The minimum atomic E-state index is -0.888. The van der Waals surface area contributed by atoms with Crippen molar-refractivity contribution in [3.63, 3.8) is 0 Å². The van der Waals surface area contributed by atoms with E-state index in [1.807, 2.05) is 6.92 Å². The van der Waals surface area contributed by atoms with E-state index in [9.17, 15) is 19.7 Å². The minimum absolute atomic E-state index is 0.00117. The van der Waals surface area contributed by atoms with Crippen LogP contribution in [0.2, 0.25) is 0 Å². The van der Waals surface area contributed by atoms with Crippen molar-refractivity contribution >= 4 is 28.8 Å². The molecule has 2 amide bonds. The molecular formula is C18H20N4O4S. The average molecular weight is 388 g/mol. The monoisotopic (exact) mass is 388 g/mol. The number of amides is 2. The lowest BCUT2D eigenvalue weighted by Gasteiger charge is -2.43. The van der Waals surface area contributed by atoms with Crippen molar-refractivity contribution in [2.24, 2.45) is 0 Å². The summed E-state index contributed by atoms with van der Waals surface area (Å²) >= 11 is 1.29. The third-order valence-electron chi connectivity index (χ3n) is 4.74. The number of carbonyl (C=O) groups is 2. The Bertz CT molecular complexity index is 880. The van der Waals surface area contributed by atoms with Crippen LogP contribution in [0.3, 0.4) is 0 Å². The van der Waals surface area contributed by atoms with Crippen molar-refractivity contribution in [2.45, 2.75) is 32.2 Å². The first-order chi connectivity index (χ1) is 12.9. The summed E-state index contributed by atoms with van der Waals surface area (Å²) in [6.45, 7) is 4.62. The second-order valence-corrected chi connectivity index (χ2v) is 7.44. The van der Waals surface area contributed by atoms with E-state index in [1.54, 1.807) is 29.3 Å². The van der Waals surface area contributed by atoms with Crippen molar-refractivity contribution in [1.82, 2.24) is 15.2 Å². The number of piperazine rings is 1. The number of non-ortho nitro benzene ring substituents is 1. The lowest BCUT2D eigenvalue weighted by Crippen LogP contribution is -2.64. The molecule has 1 aliphatic rings. The fourth-order valence-electron chi connectivity index (χ4n) is 3.27. The number of benzene rings is 1. The summed E-state index contributed by atoms with van der Waals surface area (Å²) in [5, 5.41) is 15.9. The largest absolute Gasteiger partial charge is 0.352 e. The van der Waals surface area contributed by atoms with Crippen molar-refractivity contribution in [2.75, 3.05) is 13.1 Å². The third-order valence-corrected chi connectivity index (χ3v) is 5.63. The molecule has 142 valence electrons. The highest BCUT2D eigenvalue weighted by Gasteiger charge is 2.44. The molecule has 0 aliphatic carbocycles. The topological polar surface area (TPSA) is 105 Å². The average Bonchev–Trinajstić information content (AvgIpc) is 3.14. The molecule has 1 aliphatic heterocycles. The van der Waals surface area contributed by atoms with Gasteiger partial charge in [0.2, 0.25) is 5.91 Å². The standard InChI is InChI=1S/C18H20N4O4S/c1-3-8-18(2)17(24)19-9-10-21(18)16(23)14-11-27-15(20-14)12-4-6-13(7-5-12)22(25)26/h4-7,11H,3,8-10H2,1-2H3,(H,19,24)/t18-/m1/s1. The fourth-order valence-corrected chi connectivity index (χ4v) is 4.07. The van der Waals surface area contributed by atoms with Gasteiger partial charge in [-0.3, -0.25) is 19.7 Å². The number of hydrogen-bond donors (Lipinski definition) is 1. The van der Waals surface area contributed by atoms with E-state index in [-0.39, 0.29) is 23.2 Å². The van der Waals surface area contributed by atoms with E-state index < -0.39 is 10.5 Å². The molecule has 9 heteroatoms. The van der Waals surface area contributed by atoms with Gasteiger partial charge in [-0.2, -0.15) is 0 Å². The van der Waals surface area contributed by atoms with Crippen LogP contribution >= 0.6 is 11.3 Å². The maximum atomic E-state index is 13.0. The molecule has 1 N–H and O–H groups in total. The number of thiazole rings is 1. The number of nitrogens with one attached hydrogen (secondary N) is 1. The van der Waals surface area contributed by atoms with Gasteiger partial charge < -0.3 is 10.2 Å². The van der Waals surface area contributed by atoms with Gasteiger partial charge in [0.1, 0.15) is 16.2 Å². The molecular weight excluding hydrogens is 368 g/mol. The highest BCUT2D eigenvalue weighted by Crippen LogP contribution is 2.29. The fraction of sp³-hybridized carbons (Fsp3) is 0.389. The van der Waals surface area contributed by atoms with E-state index in [0.717, 1.165) is 6.42 Å². The molecule has 2 heterocycles. The highest BCUT2D eigenvalue weighted by atomic mass is 32.1. The van der Waals surface area contributed by atoms with E-state index >= 15 is 0 Å². The summed E-state index contributed by atoms with van der Waals surface area (Å²) in [7, 11) is 0. The summed E-state index contributed by atoms with van der Waals surface area (Å²) in [4.78, 5) is 41.7. The normalized spacial score (nSPS) is 19.6. The quantitative estimate of drug-likeness (QED) is 0.626. The number of nitrogens with zero attached hydrogens (tertiary/aromatic N) is 3. The Balaban J connectivity index is 1.85. The van der Waals surface area contributed by atoms with Crippen molar-refractivity contribution < 1.29 is 14.5 Å². The molecule has 2 aromatic rings. The van der Waals surface area contributed by atoms with Crippen LogP contribution in [-0.2, 0) is 4.79 Å². The summed E-state index contributed by atoms with van der Waals surface area (Å²) in [6, 6.07) is 6.04. The number of nitro benzene ring substituents is 1. The van der Waals surface area contributed by atoms with Crippen molar-refractivity contribution in [3.05, 3.63) is 45.5 Å². The minimum Gasteiger partial charge on any atom is -0.352 e. The molecule has 0 radical (unpaired) electrons.